The molecule has 2 fully saturated rings. The van der Waals surface area contributed by atoms with Gasteiger partial charge in [-0.15, -0.1) is 5.10 Å². The predicted octanol–water partition coefficient (Wildman–Crippen LogP) is 1.57. The summed E-state index contributed by atoms with van der Waals surface area (Å²) in [4.78, 5) is 29.5. The Hall–Kier alpha value is -1.57. The van der Waals surface area contributed by atoms with Crippen molar-refractivity contribution in [3.8, 4) is 0 Å². The van der Waals surface area contributed by atoms with Crippen molar-refractivity contribution in [3.63, 3.8) is 0 Å². The van der Waals surface area contributed by atoms with Crippen LogP contribution in [0.4, 0.5) is 4.79 Å². The van der Waals surface area contributed by atoms with Crippen LogP contribution in [0.1, 0.15) is 38.4 Å². The van der Waals surface area contributed by atoms with Gasteiger partial charge in [0, 0.05) is 19.5 Å². The van der Waals surface area contributed by atoms with Crippen molar-refractivity contribution >= 4 is 23.7 Å². The van der Waals surface area contributed by atoms with E-state index in [9.17, 15) is 9.59 Å². The van der Waals surface area contributed by atoms with E-state index >= 15 is 0 Å². The average molecular weight is 323 g/mol. The molecule has 3 rings (SSSR count). The molecule has 0 radical (unpaired) electrons. The van der Waals surface area contributed by atoms with Gasteiger partial charge < -0.3 is 5.32 Å². The zero-order valence-corrected chi connectivity index (χ0v) is 13.5. The maximum Gasteiger partial charge on any atom is 0.324 e. The molecule has 1 unspecified atom stereocenters. The SMILES string of the molecule is CC(Sc1n[nH]c(CC2CCCC2)n1)C(=O)N1CCNC1=O. The van der Waals surface area contributed by atoms with Gasteiger partial charge in [-0.25, -0.2) is 9.78 Å². The van der Waals surface area contributed by atoms with Gasteiger partial charge in [0.25, 0.3) is 0 Å². The van der Waals surface area contributed by atoms with Gasteiger partial charge in [0.05, 0.1) is 5.25 Å². The van der Waals surface area contributed by atoms with E-state index in [1.54, 1.807) is 6.92 Å². The Morgan fingerprint density at radius 2 is 2.23 bits per heavy atom. The third-order valence-corrected chi connectivity index (χ3v) is 5.17. The molecule has 0 bridgehead atoms. The summed E-state index contributed by atoms with van der Waals surface area (Å²) in [5.74, 6) is 1.41. The van der Waals surface area contributed by atoms with Gasteiger partial charge in [-0.2, -0.15) is 0 Å². The van der Waals surface area contributed by atoms with Gasteiger partial charge in [-0.05, 0) is 12.8 Å². The molecule has 22 heavy (non-hydrogen) atoms. The van der Waals surface area contributed by atoms with Crippen molar-refractivity contribution < 1.29 is 9.59 Å². The van der Waals surface area contributed by atoms with E-state index in [1.807, 2.05) is 0 Å². The second-order valence-electron chi connectivity index (χ2n) is 5.90. The quantitative estimate of drug-likeness (QED) is 0.803. The number of carbonyl (C=O) groups is 2. The fraction of sp³-hybridized carbons (Fsp3) is 0.714. The number of nitrogens with one attached hydrogen (secondary N) is 2. The number of hydrogen-bond acceptors (Lipinski definition) is 5. The Kier molecular flexibility index (Phi) is 4.66. The maximum atomic E-state index is 12.2. The van der Waals surface area contributed by atoms with E-state index in [4.69, 9.17) is 0 Å². The van der Waals surface area contributed by atoms with Gasteiger partial charge in [-0.3, -0.25) is 14.8 Å². The molecule has 7 nitrogen and oxygen atoms in total. The van der Waals surface area contributed by atoms with Crippen molar-refractivity contribution in [2.75, 3.05) is 13.1 Å². The highest BCUT2D eigenvalue weighted by Crippen LogP contribution is 2.28. The summed E-state index contributed by atoms with van der Waals surface area (Å²) in [6, 6.07) is -0.311. The molecule has 1 atom stereocenters. The summed E-state index contributed by atoms with van der Waals surface area (Å²) < 4.78 is 0. The minimum Gasteiger partial charge on any atom is -0.336 e. The Morgan fingerprint density at radius 3 is 2.91 bits per heavy atom. The van der Waals surface area contributed by atoms with Crippen LogP contribution < -0.4 is 5.32 Å². The highest BCUT2D eigenvalue weighted by atomic mass is 32.2. The zero-order chi connectivity index (χ0) is 15.5. The van der Waals surface area contributed by atoms with Gasteiger partial charge in [0.1, 0.15) is 5.82 Å². The van der Waals surface area contributed by atoms with Crippen molar-refractivity contribution in [1.29, 1.82) is 0 Å². The number of urea groups is 1. The molecule has 1 aliphatic carbocycles. The highest BCUT2D eigenvalue weighted by Gasteiger charge is 2.30. The summed E-state index contributed by atoms with van der Waals surface area (Å²) in [6.07, 6.45) is 6.09. The molecular weight excluding hydrogens is 302 g/mol. The molecule has 1 aliphatic heterocycles. The van der Waals surface area contributed by atoms with Gasteiger partial charge >= 0.3 is 6.03 Å². The van der Waals surface area contributed by atoms with Crippen molar-refractivity contribution in [1.82, 2.24) is 25.4 Å². The van der Waals surface area contributed by atoms with Crippen LogP contribution in [0.2, 0.25) is 0 Å². The van der Waals surface area contributed by atoms with Crippen LogP contribution in [0.15, 0.2) is 5.16 Å². The summed E-state index contributed by atoms with van der Waals surface area (Å²) in [6.45, 7) is 2.74. The second kappa shape index (κ2) is 6.68. The van der Waals surface area contributed by atoms with Gasteiger partial charge in [0.15, 0.2) is 0 Å². The van der Waals surface area contributed by atoms with Gasteiger partial charge in [0.2, 0.25) is 11.1 Å². The van der Waals surface area contributed by atoms with E-state index in [1.165, 1.54) is 42.3 Å². The number of carbonyl (C=O) groups excluding carboxylic acids is 2. The van der Waals surface area contributed by atoms with Crippen LogP contribution >= 0.6 is 11.8 Å². The van der Waals surface area contributed by atoms with Crippen LogP contribution in [0.25, 0.3) is 0 Å². The van der Waals surface area contributed by atoms with Crippen LogP contribution in [0, 0.1) is 5.92 Å². The lowest BCUT2D eigenvalue weighted by molar-refractivity contribution is -0.126. The molecule has 3 amide bonds. The van der Waals surface area contributed by atoms with Crippen LogP contribution in [-0.4, -0.2) is 50.4 Å². The minimum atomic E-state index is -0.376. The Balaban J connectivity index is 1.54. The normalized spacial score (nSPS) is 20.4. The minimum absolute atomic E-state index is 0.192. The summed E-state index contributed by atoms with van der Waals surface area (Å²) in [7, 11) is 0. The molecule has 1 aromatic heterocycles. The average Bonchev–Trinajstić information content (AvgIpc) is 3.22. The van der Waals surface area contributed by atoms with E-state index in [-0.39, 0.29) is 17.2 Å². The number of amides is 3. The largest absolute Gasteiger partial charge is 0.336 e. The molecule has 0 spiro atoms. The first-order valence-corrected chi connectivity index (χ1v) is 8.68. The number of H-pyrrole nitrogens is 1. The number of aromatic nitrogens is 3. The molecule has 1 saturated heterocycles. The zero-order valence-electron chi connectivity index (χ0n) is 12.7. The summed E-state index contributed by atoms with van der Waals surface area (Å²) in [5, 5.41) is 9.99. The summed E-state index contributed by atoms with van der Waals surface area (Å²) in [5.41, 5.74) is 0. The molecule has 1 aromatic rings. The molecule has 2 heterocycles. The first kappa shape index (κ1) is 15.3. The van der Waals surface area contributed by atoms with E-state index in [2.05, 4.69) is 20.5 Å². The molecular formula is C14H21N5O2S. The highest BCUT2D eigenvalue weighted by molar-refractivity contribution is 8.00. The fourth-order valence-electron chi connectivity index (χ4n) is 3.02. The number of nitrogens with zero attached hydrogens (tertiary/aromatic N) is 3. The molecule has 2 N–H and O–H groups in total. The van der Waals surface area contributed by atoms with Crippen molar-refractivity contribution in [2.24, 2.45) is 5.92 Å². The maximum absolute atomic E-state index is 12.2. The molecule has 8 heteroatoms. The predicted molar refractivity (Wildman–Crippen MR) is 82.5 cm³/mol. The summed E-state index contributed by atoms with van der Waals surface area (Å²) >= 11 is 1.29. The Morgan fingerprint density at radius 1 is 1.45 bits per heavy atom. The number of rotatable bonds is 5. The van der Waals surface area contributed by atoms with Crippen molar-refractivity contribution in [2.45, 2.75) is 49.4 Å². The Bertz CT molecular complexity index is 555. The third kappa shape index (κ3) is 3.43. The lowest BCUT2D eigenvalue weighted by atomic mass is 10.0. The smallest absolute Gasteiger partial charge is 0.324 e. The third-order valence-electron chi connectivity index (χ3n) is 4.22. The van der Waals surface area contributed by atoms with Crippen LogP contribution in [0.5, 0.6) is 0 Å². The molecule has 1 saturated carbocycles. The van der Waals surface area contributed by atoms with E-state index in [0.717, 1.165) is 12.2 Å². The number of imide groups is 1. The van der Waals surface area contributed by atoms with Crippen molar-refractivity contribution in [3.05, 3.63) is 5.82 Å². The first-order chi connectivity index (χ1) is 10.6. The number of hydrogen-bond donors (Lipinski definition) is 2. The number of aromatic amines is 1. The Labute approximate surface area is 133 Å². The molecule has 2 aliphatic rings. The van der Waals surface area contributed by atoms with Crippen LogP contribution in [0.3, 0.4) is 0 Å². The topological polar surface area (TPSA) is 91.0 Å². The van der Waals surface area contributed by atoms with Gasteiger partial charge in [-0.1, -0.05) is 37.4 Å². The van der Waals surface area contributed by atoms with E-state index < -0.39 is 0 Å². The van der Waals surface area contributed by atoms with E-state index in [0.29, 0.717) is 24.2 Å². The monoisotopic (exact) mass is 323 g/mol. The standard InChI is InChI=1S/C14H21N5O2S/c1-9(12(20)19-7-6-15-14(19)21)22-13-16-11(17-18-13)8-10-4-2-3-5-10/h9-10H,2-8H2,1H3,(H,15,21)(H,16,17,18). The number of thioether (sulfide) groups is 1. The first-order valence-electron chi connectivity index (χ1n) is 7.80. The molecule has 0 aromatic carbocycles. The second-order valence-corrected chi connectivity index (χ2v) is 7.21. The van der Waals surface area contributed by atoms with Crippen LogP contribution in [-0.2, 0) is 11.2 Å². The molecule has 120 valence electrons. The lowest BCUT2D eigenvalue weighted by Crippen LogP contribution is -2.38. The fourth-order valence-corrected chi connectivity index (χ4v) is 3.83. The lowest BCUT2D eigenvalue weighted by Gasteiger charge is -2.15.